The number of aliphatic hydroxyl groups is 1. The maximum absolute atomic E-state index is 13.0. The second kappa shape index (κ2) is 5.33. The van der Waals surface area contributed by atoms with Gasteiger partial charge in [-0.2, -0.15) is 0 Å². The molecule has 0 spiro atoms. The van der Waals surface area contributed by atoms with Gasteiger partial charge in [-0.15, -0.1) is 13.2 Å². The summed E-state index contributed by atoms with van der Waals surface area (Å²) in [5.41, 5.74) is 5.68. The molecule has 0 saturated carbocycles. The summed E-state index contributed by atoms with van der Waals surface area (Å²) in [6, 6.07) is 1.87. The minimum absolute atomic E-state index is 0.120. The fraction of sp³-hybridized carbons (Fsp3) is 0.400. The lowest BCUT2D eigenvalue weighted by Gasteiger charge is -2.14. The fourth-order valence-electron chi connectivity index (χ4n) is 1.30. The van der Waals surface area contributed by atoms with E-state index in [0.717, 1.165) is 12.1 Å². The van der Waals surface area contributed by atoms with Crippen LogP contribution < -0.4 is 10.5 Å². The largest absolute Gasteiger partial charge is 0.573 e. The molecule has 0 unspecified atom stereocenters. The number of hydrogen-bond acceptors (Lipinski definition) is 3. The molecular weight excluding hydrogens is 242 g/mol. The molecule has 0 amide bonds. The van der Waals surface area contributed by atoms with E-state index in [1.807, 2.05) is 0 Å². The lowest BCUT2D eigenvalue weighted by Crippen LogP contribution is -2.18. The van der Waals surface area contributed by atoms with Crippen LogP contribution in [0.5, 0.6) is 5.75 Å². The highest BCUT2D eigenvalue weighted by molar-refractivity contribution is 5.31. The van der Waals surface area contributed by atoms with Crippen LogP contribution in [0, 0.1) is 5.82 Å². The first-order chi connectivity index (χ1) is 7.81. The van der Waals surface area contributed by atoms with Crippen molar-refractivity contribution in [1.82, 2.24) is 0 Å². The first kappa shape index (κ1) is 13.7. The standard InChI is InChI=1S/C10H11F4NO2/c11-7-3-6(9(15)1-2-16)4-8(5-7)17-10(12,13)14/h3-5,9,16H,1-2,15H2/t9-/m0/s1. The summed E-state index contributed by atoms with van der Waals surface area (Å²) < 4.78 is 52.4. The molecule has 1 aromatic carbocycles. The van der Waals surface area contributed by atoms with Gasteiger partial charge >= 0.3 is 6.36 Å². The van der Waals surface area contributed by atoms with Crippen LogP contribution in [0.3, 0.4) is 0 Å². The van der Waals surface area contributed by atoms with Crippen molar-refractivity contribution in [3.8, 4) is 5.75 Å². The Morgan fingerprint density at radius 2 is 1.94 bits per heavy atom. The van der Waals surface area contributed by atoms with Gasteiger partial charge in [-0.05, 0) is 24.1 Å². The molecule has 0 aliphatic rings. The molecule has 0 fully saturated rings. The van der Waals surface area contributed by atoms with Gasteiger partial charge in [-0.25, -0.2) is 4.39 Å². The zero-order valence-corrected chi connectivity index (χ0v) is 8.67. The molecule has 0 heterocycles. The lowest BCUT2D eigenvalue weighted by atomic mass is 10.0. The van der Waals surface area contributed by atoms with Gasteiger partial charge in [0, 0.05) is 18.7 Å². The van der Waals surface area contributed by atoms with E-state index >= 15 is 0 Å². The first-order valence-electron chi connectivity index (χ1n) is 4.74. The Balaban J connectivity index is 2.94. The molecule has 1 aromatic rings. The zero-order valence-electron chi connectivity index (χ0n) is 8.67. The second-order valence-corrected chi connectivity index (χ2v) is 3.39. The van der Waals surface area contributed by atoms with Gasteiger partial charge in [-0.3, -0.25) is 0 Å². The number of halogens is 4. The summed E-state index contributed by atoms with van der Waals surface area (Å²) in [6.07, 6.45) is -4.76. The van der Waals surface area contributed by atoms with E-state index in [2.05, 4.69) is 4.74 Å². The van der Waals surface area contributed by atoms with E-state index in [1.165, 1.54) is 0 Å². The highest BCUT2D eigenvalue weighted by Crippen LogP contribution is 2.27. The summed E-state index contributed by atoms with van der Waals surface area (Å²) in [5.74, 6) is -1.55. The van der Waals surface area contributed by atoms with Crippen molar-refractivity contribution < 1.29 is 27.4 Å². The third-order valence-corrected chi connectivity index (χ3v) is 2.00. The van der Waals surface area contributed by atoms with Gasteiger partial charge in [0.05, 0.1) is 0 Å². The SMILES string of the molecule is N[C@@H](CCO)c1cc(F)cc(OC(F)(F)F)c1. The van der Waals surface area contributed by atoms with Gasteiger partial charge in [0.1, 0.15) is 11.6 Å². The van der Waals surface area contributed by atoms with Crippen molar-refractivity contribution >= 4 is 0 Å². The summed E-state index contributed by atoms with van der Waals surface area (Å²) in [5, 5.41) is 8.64. The normalized spacial score (nSPS) is 13.5. The van der Waals surface area contributed by atoms with Gasteiger partial charge in [-0.1, -0.05) is 0 Å². The number of hydrogen-bond donors (Lipinski definition) is 2. The van der Waals surface area contributed by atoms with E-state index < -0.39 is 24.0 Å². The van der Waals surface area contributed by atoms with Crippen molar-refractivity contribution in [1.29, 1.82) is 0 Å². The molecule has 3 nitrogen and oxygen atoms in total. The number of aliphatic hydroxyl groups excluding tert-OH is 1. The van der Waals surface area contributed by atoms with Crippen LogP contribution in [0.1, 0.15) is 18.0 Å². The maximum Gasteiger partial charge on any atom is 0.573 e. The van der Waals surface area contributed by atoms with Gasteiger partial charge in [0.2, 0.25) is 0 Å². The van der Waals surface area contributed by atoms with E-state index in [4.69, 9.17) is 10.8 Å². The summed E-state index contributed by atoms with van der Waals surface area (Å²) in [6.45, 7) is -0.243. The quantitative estimate of drug-likeness (QED) is 0.808. The number of alkyl halides is 3. The molecule has 3 N–H and O–H groups in total. The maximum atomic E-state index is 13.0. The van der Waals surface area contributed by atoms with Gasteiger partial charge in [0.15, 0.2) is 0 Å². The van der Waals surface area contributed by atoms with Crippen LogP contribution in [0.2, 0.25) is 0 Å². The number of rotatable bonds is 4. The zero-order chi connectivity index (χ0) is 13.1. The molecule has 0 radical (unpaired) electrons. The highest BCUT2D eigenvalue weighted by atomic mass is 19.4. The van der Waals surface area contributed by atoms with Crippen LogP contribution >= 0.6 is 0 Å². The molecule has 0 saturated heterocycles. The Morgan fingerprint density at radius 1 is 1.29 bits per heavy atom. The van der Waals surface area contributed by atoms with E-state index in [0.29, 0.717) is 6.07 Å². The molecule has 96 valence electrons. The molecule has 0 bridgehead atoms. The van der Waals surface area contributed by atoms with Crippen LogP contribution in [-0.4, -0.2) is 18.1 Å². The Labute approximate surface area is 94.8 Å². The first-order valence-corrected chi connectivity index (χ1v) is 4.74. The summed E-state index contributed by atoms with van der Waals surface area (Å²) >= 11 is 0. The Hall–Kier alpha value is -1.34. The van der Waals surface area contributed by atoms with Gasteiger partial charge < -0.3 is 15.6 Å². The lowest BCUT2D eigenvalue weighted by molar-refractivity contribution is -0.274. The smallest absolute Gasteiger partial charge is 0.406 e. The molecular formula is C10H11F4NO2. The Kier molecular flexibility index (Phi) is 4.30. The predicted octanol–water partition coefficient (Wildman–Crippen LogP) is 2.11. The molecule has 0 aromatic heterocycles. The van der Waals surface area contributed by atoms with Crippen molar-refractivity contribution in [3.63, 3.8) is 0 Å². The molecule has 1 atom stereocenters. The van der Waals surface area contributed by atoms with Crippen LogP contribution in [0.15, 0.2) is 18.2 Å². The van der Waals surface area contributed by atoms with Crippen molar-refractivity contribution in [3.05, 3.63) is 29.6 Å². The summed E-state index contributed by atoms with van der Waals surface area (Å²) in [4.78, 5) is 0. The fourth-order valence-corrected chi connectivity index (χ4v) is 1.30. The van der Waals surface area contributed by atoms with Crippen LogP contribution in [-0.2, 0) is 0 Å². The van der Waals surface area contributed by atoms with Crippen LogP contribution in [0.25, 0.3) is 0 Å². The average molecular weight is 253 g/mol. The third kappa shape index (κ3) is 4.58. The van der Waals surface area contributed by atoms with E-state index in [9.17, 15) is 17.6 Å². The minimum Gasteiger partial charge on any atom is -0.406 e. The minimum atomic E-state index is -4.88. The molecule has 0 aliphatic heterocycles. The topological polar surface area (TPSA) is 55.5 Å². The number of ether oxygens (including phenoxy) is 1. The molecule has 7 heteroatoms. The summed E-state index contributed by atoms with van der Waals surface area (Å²) in [7, 11) is 0. The number of nitrogens with two attached hydrogens (primary N) is 1. The van der Waals surface area contributed by atoms with Crippen molar-refractivity contribution in [2.75, 3.05) is 6.61 Å². The average Bonchev–Trinajstić information content (AvgIpc) is 2.14. The molecule has 1 rings (SSSR count). The third-order valence-electron chi connectivity index (χ3n) is 2.00. The van der Waals surface area contributed by atoms with E-state index in [1.54, 1.807) is 0 Å². The van der Waals surface area contributed by atoms with Crippen molar-refractivity contribution in [2.45, 2.75) is 18.8 Å². The molecule has 0 aliphatic carbocycles. The molecule has 17 heavy (non-hydrogen) atoms. The Morgan fingerprint density at radius 3 is 2.47 bits per heavy atom. The number of benzene rings is 1. The Bertz CT molecular complexity index is 381. The highest BCUT2D eigenvalue weighted by Gasteiger charge is 2.31. The van der Waals surface area contributed by atoms with Crippen LogP contribution in [0.4, 0.5) is 17.6 Å². The monoisotopic (exact) mass is 253 g/mol. The second-order valence-electron chi connectivity index (χ2n) is 3.39. The van der Waals surface area contributed by atoms with Gasteiger partial charge in [0.25, 0.3) is 0 Å². The van der Waals surface area contributed by atoms with E-state index in [-0.39, 0.29) is 18.6 Å². The predicted molar refractivity (Wildman–Crippen MR) is 51.7 cm³/mol. The van der Waals surface area contributed by atoms with Crippen molar-refractivity contribution in [2.24, 2.45) is 5.73 Å².